The average Bonchev–Trinajstić information content (AvgIpc) is 2.38. The Bertz CT molecular complexity index is 545. The number of halogens is 2. The van der Waals surface area contributed by atoms with Gasteiger partial charge in [-0.3, -0.25) is 0 Å². The summed E-state index contributed by atoms with van der Waals surface area (Å²) in [4.78, 5) is 0. The average molecular weight is 357 g/mol. The van der Waals surface area contributed by atoms with Gasteiger partial charge in [-0.1, -0.05) is 18.2 Å². The molecule has 4 heteroatoms. The summed E-state index contributed by atoms with van der Waals surface area (Å²) in [6.45, 7) is 0.584. The largest absolute Gasteiger partial charge is 0.494 e. The van der Waals surface area contributed by atoms with Gasteiger partial charge in [0.15, 0.2) is 11.6 Å². The van der Waals surface area contributed by atoms with Crippen LogP contribution in [-0.2, 0) is 6.54 Å². The Morgan fingerprint density at radius 3 is 2.67 bits per heavy atom. The smallest absolute Gasteiger partial charge is 0.165 e. The van der Waals surface area contributed by atoms with E-state index in [0.717, 1.165) is 14.8 Å². The molecular weight excluding hydrogens is 344 g/mol. The van der Waals surface area contributed by atoms with Gasteiger partial charge in [0.25, 0.3) is 0 Å². The molecule has 1 N–H and O–H groups in total. The Hall–Kier alpha value is -1.30. The predicted octanol–water partition coefficient (Wildman–Crippen LogP) is 4.05. The second-order valence-electron chi connectivity index (χ2n) is 3.80. The number of anilines is 1. The van der Waals surface area contributed by atoms with Crippen molar-refractivity contribution in [2.24, 2.45) is 0 Å². The molecule has 0 aromatic heterocycles. The summed E-state index contributed by atoms with van der Waals surface area (Å²) in [6, 6.07) is 13.0. The van der Waals surface area contributed by atoms with E-state index in [2.05, 4.69) is 27.9 Å². The highest BCUT2D eigenvalue weighted by atomic mass is 127. The second kappa shape index (κ2) is 6.04. The first-order valence-electron chi connectivity index (χ1n) is 5.51. The lowest BCUT2D eigenvalue weighted by molar-refractivity contribution is 0.386. The molecule has 2 nitrogen and oxygen atoms in total. The van der Waals surface area contributed by atoms with Crippen molar-refractivity contribution >= 4 is 28.3 Å². The molecule has 2 aromatic carbocycles. The molecule has 0 atom stereocenters. The summed E-state index contributed by atoms with van der Waals surface area (Å²) < 4.78 is 19.5. The summed E-state index contributed by atoms with van der Waals surface area (Å²) in [5.74, 6) is -0.0624. The Labute approximate surface area is 119 Å². The number of nitrogens with one attached hydrogen (secondary N) is 1. The molecule has 0 saturated carbocycles. The van der Waals surface area contributed by atoms with Crippen LogP contribution in [0.5, 0.6) is 5.75 Å². The third-order valence-electron chi connectivity index (χ3n) is 2.57. The van der Waals surface area contributed by atoms with Crippen molar-refractivity contribution in [3.8, 4) is 5.75 Å². The number of methoxy groups -OCH3 is 1. The highest BCUT2D eigenvalue weighted by Crippen LogP contribution is 2.20. The van der Waals surface area contributed by atoms with E-state index < -0.39 is 0 Å². The minimum atomic E-state index is -0.334. The molecule has 0 heterocycles. The third-order valence-corrected chi connectivity index (χ3v) is 3.51. The lowest BCUT2D eigenvalue weighted by Crippen LogP contribution is -2.01. The number of hydrogen-bond acceptors (Lipinski definition) is 2. The van der Waals surface area contributed by atoms with Crippen LogP contribution in [0.4, 0.5) is 10.1 Å². The van der Waals surface area contributed by atoms with Gasteiger partial charge in [-0.25, -0.2) is 4.39 Å². The van der Waals surface area contributed by atoms with Crippen molar-refractivity contribution in [3.05, 3.63) is 57.4 Å². The first-order chi connectivity index (χ1) is 8.70. The molecule has 0 aliphatic carbocycles. The van der Waals surface area contributed by atoms with Gasteiger partial charge in [-0.15, -0.1) is 0 Å². The molecule has 0 radical (unpaired) electrons. The molecule has 94 valence electrons. The number of ether oxygens (including phenoxy) is 1. The van der Waals surface area contributed by atoms with E-state index in [9.17, 15) is 4.39 Å². The summed E-state index contributed by atoms with van der Waals surface area (Å²) in [6.07, 6.45) is 0. The summed E-state index contributed by atoms with van der Waals surface area (Å²) >= 11 is 2.26. The van der Waals surface area contributed by atoms with Crippen LogP contribution < -0.4 is 10.1 Å². The molecule has 0 aliphatic rings. The zero-order valence-corrected chi connectivity index (χ0v) is 12.1. The lowest BCUT2D eigenvalue weighted by atomic mass is 10.2. The maximum absolute atomic E-state index is 13.5. The highest BCUT2D eigenvalue weighted by molar-refractivity contribution is 14.1. The van der Waals surface area contributed by atoms with E-state index in [1.54, 1.807) is 6.07 Å². The summed E-state index contributed by atoms with van der Waals surface area (Å²) in [7, 11) is 1.46. The number of hydrogen-bond donors (Lipinski definition) is 1. The Balaban J connectivity index is 2.07. The van der Waals surface area contributed by atoms with Crippen molar-refractivity contribution in [1.29, 1.82) is 0 Å². The molecule has 0 fully saturated rings. The normalized spacial score (nSPS) is 10.2. The fourth-order valence-corrected chi connectivity index (χ4v) is 2.20. The van der Waals surface area contributed by atoms with E-state index in [0.29, 0.717) is 6.54 Å². The Kier molecular flexibility index (Phi) is 4.41. The minimum absolute atomic E-state index is 0.271. The Morgan fingerprint density at radius 2 is 2.00 bits per heavy atom. The van der Waals surface area contributed by atoms with E-state index in [1.165, 1.54) is 13.2 Å². The van der Waals surface area contributed by atoms with E-state index >= 15 is 0 Å². The predicted molar refractivity (Wildman–Crippen MR) is 79.4 cm³/mol. The van der Waals surface area contributed by atoms with Crippen LogP contribution in [0.15, 0.2) is 42.5 Å². The number of rotatable bonds is 4. The summed E-state index contributed by atoms with van der Waals surface area (Å²) in [5, 5.41) is 3.28. The molecule has 0 bridgehead atoms. The topological polar surface area (TPSA) is 21.3 Å². The van der Waals surface area contributed by atoms with Gasteiger partial charge in [-0.05, 0) is 52.4 Å². The molecule has 18 heavy (non-hydrogen) atoms. The fourth-order valence-electron chi connectivity index (χ4n) is 1.62. The lowest BCUT2D eigenvalue weighted by Gasteiger charge is -2.09. The molecule has 2 rings (SSSR count). The molecule has 0 aliphatic heterocycles. The zero-order valence-electron chi connectivity index (χ0n) is 9.91. The number of benzene rings is 2. The van der Waals surface area contributed by atoms with Gasteiger partial charge in [0.1, 0.15) is 0 Å². The van der Waals surface area contributed by atoms with Gasteiger partial charge in [0.05, 0.1) is 7.11 Å². The maximum atomic E-state index is 13.5. The monoisotopic (exact) mass is 357 g/mol. The SMILES string of the molecule is COc1ccc(CNc2ccccc2I)cc1F. The maximum Gasteiger partial charge on any atom is 0.165 e. The van der Waals surface area contributed by atoms with Crippen LogP contribution in [0.3, 0.4) is 0 Å². The minimum Gasteiger partial charge on any atom is -0.494 e. The van der Waals surface area contributed by atoms with Crippen molar-refractivity contribution in [2.45, 2.75) is 6.54 Å². The molecule has 0 saturated heterocycles. The van der Waals surface area contributed by atoms with Gasteiger partial charge in [-0.2, -0.15) is 0 Å². The van der Waals surface area contributed by atoms with Gasteiger partial charge in [0, 0.05) is 15.8 Å². The highest BCUT2D eigenvalue weighted by Gasteiger charge is 2.04. The zero-order chi connectivity index (χ0) is 13.0. The fraction of sp³-hybridized carbons (Fsp3) is 0.143. The quantitative estimate of drug-likeness (QED) is 0.834. The van der Waals surface area contributed by atoms with Crippen LogP contribution in [0.2, 0.25) is 0 Å². The molecule has 2 aromatic rings. The molecule has 0 unspecified atom stereocenters. The van der Waals surface area contributed by atoms with Crippen LogP contribution in [0.1, 0.15) is 5.56 Å². The standard InChI is InChI=1S/C14H13FINO/c1-18-14-7-6-10(8-11(14)15)9-17-13-5-3-2-4-12(13)16/h2-8,17H,9H2,1H3. The first-order valence-corrected chi connectivity index (χ1v) is 6.59. The van der Waals surface area contributed by atoms with Crippen LogP contribution in [-0.4, -0.2) is 7.11 Å². The van der Waals surface area contributed by atoms with E-state index in [1.807, 2.05) is 30.3 Å². The first kappa shape index (κ1) is 13.1. The van der Waals surface area contributed by atoms with Crippen LogP contribution in [0.25, 0.3) is 0 Å². The van der Waals surface area contributed by atoms with E-state index in [4.69, 9.17) is 4.74 Å². The van der Waals surface area contributed by atoms with Crippen molar-refractivity contribution in [1.82, 2.24) is 0 Å². The van der Waals surface area contributed by atoms with Gasteiger partial charge >= 0.3 is 0 Å². The molecule has 0 spiro atoms. The van der Waals surface area contributed by atoms with Crippen molar-refractivity contribution < 1.29 is 9.13 Å². The second-order valence-corrected chi connectivity index (χ2v) is 4.96. The van der Waals surface area contributed by atoms with Crippen molar-refractivity contribution in [3.63, 3.8) is 0 Å². The molecular formula is C14H13FINO. The van der Waals surface area contributed by atoms with Gasteiger partial charge in [0.2, 0.25) is 0 Å². The van der Waals surface area contributed by atoms with E-state index in [-0.39, 0.29) is 11.6 Å². The summed E-state index contributed by atoms with van der Waals surface area (Å²) in [5.41, 5.74) is 1.93. The van der Waals surface area contributed by atoms with Gasteiger partial charge < -0.3 is 10.1 Å². The Morgan fingerprint density at radius 1 is 1.22 bits per heavy atom. The van der Waals surface area contributed by atoms with Crippen molar-refractivity contribution in [2.75, 3.05) is 12.4 Å². The number of para-hydroxylation sites is 1. The third kappa shape index (κ3) is 3.13. The van der Waals surface area contributed by atoms with Crippen LogP contribution in [0, 0.1) is 9.39 Å². The van der Waals surface area contributed by atoms with Crippen LogP contribution >= 0.6 is 22.6 Å². The molecule has 0 amide bonds.